The number of benzene rings is 2. The quantitative estimate of drug-likeness (QED) is 0.437. The first kappa shape index (κ1) is 16.7. The minimum atomic E-state index is -0.333. The minimum Gasteiger partial charge on any atom is -0.342 e. The van der Waals surface area contributed by atoms with Gasteiger partial charge in [-0.25, -0.2) is 5.43 Å². The van der Waals surface area contributed by atoms with Gasteiger partial charge in [0, 0.05) is 35.4 Å². The topological polar surface area (TPSA) is 59.3 Å². The van der Waals surface area contributed by atoms with Gasteiger partial charge in [-0.05, 0) is 23.8 Å². The zero-order valence-corrected chi connectivity index (χ0v) is 14.6. The highest BCUT2D eigenvalue weighted by atomic mass is 16.2. The molecule has 4 rings (SSSR count). The molecule has 4 aromatic rings. The second kappa shape index (κ2) is 7.66. The lowest BCUT2D eigenvalue weighted by molar-refractivity contribution is 0.0950. The number of hydrogen-bond donors (Lipinski definition) is 1. The molecule has 0 spiro atoms. The van der Waals surface area contributed by atoms with Gasteiger partial charge in [-0.2, -0.15) is 5.10 Å². The van der Waals surface area contributed by atoms with Crippen molar-refractivity contribution in [2.75, 3.05) is 0 Å². The van der Waals surface area contributed by atoms with Gasteiger partial charge in [0.1, 0.15) is 5.69 Å². The maximum Gasteiger partial charge on any atom is 0.289 e. The molecule has 132 valence electrons. The summed E-state index contributed by atoms with van der Waals surface area (Å²) >= 11 is 0. The number of rotatable bonds is 5. The average Bonchev–Trinajstić information content (AvgIpc) is 3.07. The van der Waals surface area contributed by atoms with Gasteiger partial charge < -0.3 is 4.57 Å². The summed E-state index contributed by atoms with van der Waals surface area (Å²) in [6.45, 7) is 0.773. The van der Waals surface area contributed by atoms with Crippen molar-refractivity contribution < 1.29 is 4.79 Å². The third-order valence-corrected chi connectivity index (χ3v) is 4.28. The van der Waals surface area contributed by atoms with Crippen molar-refractivity contribution in [1.29, 1.82) is 0 Å². The fourth-order valence-electron chi connectivity index (χ4n) is 3.00. The predicted octanol–water partition coefficient (Wildman–Crippen LogP) is 3.85. The SMILES string of the molecule is O=C(N/N=C/c1cn(Cc2ccccc2)c2ccccc12)c1ccccn1. The molecule has 2 aromatic carbocycles. The molecule has 0 radical (unpaired) electrons. The van der Waals surface area contributed by atoms with Crippen molar-refractivity contribution in [3.05, 3.63) is 102 Å². The number of nitrogens with one attached hydrogen (secondary N) is 1. The number of hydrogen-bond acceptors (Lipinski definition) is 3. The van der Waals surface area contributed by atoms with Crippen LogP contribution in [0, 0.1) is 0 Å². The first-order chi connectivity index (χ1) is 13.3. The molecule has 2 heterocycles. The van der Waals surface area contributed by atoms with Gasteiger partial charge >= 0.3 is 0 Å². The van der Waals surface area contributed by atoms with Crippen molar-refractivity contribution in [2.24, 2.45) is 5.10 Å². The first-order valence-electron chi connectivity index (χ1n) is 8.67. The molecule has 2 aromatic heterocycles. The number of carbonyl (C=O) groups is 1. The van der Waals surface area contributed by atoms with Crippen LogP contribution >= 0.6 is 0 Å². The van der Waals surface area contributed by atoms with Crippen LogP contribution in [0.5, 0.6) is 0 Å². The second-order valence-corrected chi connectivity index (χ2v) is 6.13. The van der Waals surface area contributed by atoms with Gasteiger partial charge in [0.25, 0.3) is 5.91 Å². The third kappa shape index (κ3) is 3.77. The summed E-state index contributed by atoms with van der Waals surface area (Å²) in [4.78, 5) is 16.1. The number of nitrogens with zero attached hydrogens (tertiary/aromatic N) is 3. The van der Waals surface area contributed by atoms with E-state index in [1.54, 1.807) is 30.6 Å². The van der Waals surface area contributed by atoms with E-state index in [1.807, 2.05) is 36.5 Å². The number of fused-ring (bicyclic) bond motifs is 1. The molecule has 0 aliphatic heterocycles. The molecule has 0 bridgehead atoms. The molecule has 5 nitrogen and oxygen atoms in total. The van der Waals surface area contributed by atoms with Gasteiger partial charge in [-0.1, -0.05) is 54.6 Å². The van der Waals surface area contributed by atoms with Crippen LogP contribution in [0.1, 0.15) is 21.6 Å². The summed E-state index contributed by atoms with van der Waals surface area (Å²) in [5, 5.41) is 5.20. The molecule has 0 aliphatic rings. The molecule has 0 saturated heterocycles. The molecule has 0 fully saturated rings. The molecule has 0 unspecified atom stereocenters. The number of hydrazone groups is 1. The van der Waals surface area contributed by atoms with Crippen LogP contribution in [0.4, 0.5) is 0 Å². The Morgan fingerprint density at radius 3 is 2.59 bits per heavy atom. The van der Waals surface area contributed by atoms with Crippen LogP contribution in [0.25, 0.3) is 10.9 Å². The zero-order valence-electron chi connectivity index (χ0n) is 14.6. The fraction of sp³-hybridized carbons (Fsp3) is 0.0455. The summed E-state index contributed by atoms with van der Waals surface area (Å²) in [5.41, 5.74) is 6.16. The standard InChI is InChI=1S/C22H18N4O/c27-22(20-11-6-7-13-23-20)25-24-14-18-16-26(15-17-8-2-1-3-9-17)21-12-5-4-10-19(18)21/h1-14,16H,15H2,(H,25,27)/b24-14+. The number of aromatic nitrogens is 2. The molecule has 1 N–H and O–H groups in total. The summed E-state index contributed by atoms with van der Waals surface area (Å²) < 4.78 is 2.19. The second-order valence-electron chi connectivity index (χ2n) is 6.13. The van der Waals surface area contributed by atoms with Crippen LogP contribution in [0.3, 0.4) is 0 Å². The monoisotopic (exact) mass is 354 g/mol. The fourth-order valence-corrected chi connectivity index (χ4v) is 3.00. The van der Waals surface area contributed by atoms with E-state index in [0.29, 0.717) is 5.69 Å². The lowest BCUT2D eigenvalue weighted by Crippen LogP contribution is -2.18. The van der Waals surface area contributed by atoms with Crippen molar-refractivity contribution in [2.45, 2.75) is 6.54 Å². The van der Waals surface area contributed by atoms with E-state index in [9.17, 15) is 4.79 Å². The number of carbonyl (C=O) groups excluding carboxylic acids is 1. The summed E-state index contributed by atoms with van der Waals surface area (Å²) in [5.74, 6) is -0.333. The highest BCUT2D eigenvalue weighted by molar-refractivity contribution is 6.00. The normalized spacial score (nSPS) is 11.1. The Bertz CT molecular complexity index is 1090. The minimum absolute atomic E-state index is 0.333. The number of pyridine rings is 1. The highest BCUT2D eigenvalue weighted by Crippen LogP contribution is 2.21. The Morgan fingerprint density at radius 1 is 1.00 bits per heavy atom. The Kier molecular flexibility index (Phi) is 4.74. The summed E-state index contributed by atoms with van der Waals surface area (Å²) in [6, 6.07) is 23.6. The molecule has 27 heavy (non-hydrogen) atoms. The number of para-hydroxylation sites is 1. The lowest BCUT2D eigenvalue weighted by Gasteiger charge is -2.05. The maximum absolute atomic E-state index is 12.1. The maximum atomic E-state index is 12.1. The molecule has 0 saturated carbocycles. The molecule has 1 amide bonds. The molecule has 5 heteroatoms. The van der Waals surface area contributed by atoms with Crippen molar-refractivity contribution in [3.8, 4) is 0 Å². The van der Waals surface area contributed by atoms with E-state index >= 15 is 0 Å². The van der Waals surface area contributed by atoms with E-state index in [1.165, 1.54) is 5.56 Å². The molecule has 0 aliphatic carbocycles. The molecular formula is C22H18N4O. The highest BCUT2D eigenvalue weighted by Gasteiger charge is 2.08. The Labute approximate surface area is 157 Å². The van der Waals surface area contributed by atoms with E-state index in [0.717, 1.165) is 23.0 Å². The summed E-state index contributed by atoms with van der Waals surface area (Å²) in [6.07, 6.45) is 5.30. The molecule has 0 atom stereocenters. The van der Waals surface area contributed by atoms with Crippen LogP contribution in [-0.4, -0.2) is 21.7 Å². The van der Waals surface area contributed by atoms with Gasteiger partial charge in [-0.15, -0.1) is 0 Å². The van der Waals surface area contributed by atoms with Crippen molar-refractivity contribution in [1.82, 2.24) is 15.0 Å². The average molecular weight is 354 g/mol. The van der Waals surface area contributed by atoms with Crippen LogP contribution in [0.15, 0.2) is 90.3 Å². The van der Waals surface area contributed by atoms with Crippen molar-refractivity contribution >= 4 is 23.0 Å². The van der Waals surface area contributed by atoms with Crippen LogP contribution < -0.4 is 5.43 Å². The van der Waals surface area contributed by atoms with Gasteiger partial charge in [0.2, 0.25) is 0 Å². The van der Waals surface area contributed by atoms with Crippen LogP contribution in [0.2, 0.25) is 0 Å². The predicted molar refractivity (Wildman–Crippen MR) is 107 cm³/mol. The third-order valence-electron chi connectivity index (χ3n) is 4.28. The van der Waals surface area contributed by atoms with E-state index in [2.05, 4.69) is 44.3 Å². The van der Waals surface area contributed by atoms with Gasteiger partial charge in [-0.3, -0.25) is 9.78 Å². The smallest absolute Gasteiger partial charge is 0.289 e. The number of amides is 1. The Balaban J connectivity index is 1.57. The largest absolute Gasteiger partial charge is 0.342 e. The van der Waals surface area contributed by atoms with E-state index in [4.69, 9.17) is 0 Å². The molecular weight excluding hydrogens is 336 g/mol. The van der Waals surface area contributed by atoms with Gasteiger partial charge in [0.15, 0.2) is 0 Å². The Morgan fingerprint density at radius 2 is 1.78 bits per heavy atom. The zero-order chi connectivity index (χ0) is 18.5. The van der Waals surface area contributed by atoms with Crippen LogP contribution in [-0.2, 0) is 6.54 Å². The van der Waals surface area contributed by atoms with E-state index in [-0.39, 0.29) is 5.91 Å². The first-order valence-corrected chi connectivity index (χ1v) is 8.67. The van der Waals surface area contributed by atoms with Crippen molar-refractivity contribution in [3.63, 3.8) is 0 Å². The lowest BCUT2D eigenvalue weighted by atomic mass is 10.2. The Hall–Kier alpha value is -3.73. The van der Waals surface area contributed by atoms with Gasteiger partial charge in [0.05, 0.1) is 6.21 Å². The summed E-state index contributed by atoms with van der Waals surface area (Å²) in [7, 11) is 0. The van der Waals surface area contributed by atoms with E-state index < -0.39 is 0 Å².